The fourth-order valence-electron chi connectivity index (χ4n) is 6.58. The van der Waals surface area contributed by atoms with E-state index in [9.17, 15) is 38.4 Å². The van der Waals surface area contributed by atoms with E-state index < -0.39 is 16.9 Å². The van der Waals surface area contributed by atoms with Crippen molar-refractivity contribution in [3.63, 3.8) is 0 Å². The second kappa shape index (κ2) is 30.8. The average molecular weight is 1070 g/mol. The van der Waals surface area contributed by atoms with Crippen molar-refractivity contribution < 1.29 is 19.2 Å². The van der Waals surface area contributed by atoms with Crippen molar-refractivity contribution in [3.8, 4) is 47.4 Å². The van der Waals surface area contributed by atoms with Crippen LogP contribution in [-0.2, 0) is 19.2 Å². The van der Waals surface area contributed by atoms with Gasteiger partial charge in [0.2, 0.25) is 17.7 Å². The number of H-pyrrole nitrogens is 2. The maximum absolute atomic E-state index is 12.2. The molecule has 0 aliphatic carbocycles. The highest BCUT2D eigenvalue weighted by Crippen LogP contribution is 2.26. The summed E-state index contributed by atoms with van der Waals surface area (Å²) in [5.41, 5.74) is 13.5. The van der Waals surface area contributed by atoms with E-state index in [1.807, 2.05) is 63.1 Å². The lowest BCUT2D eigenvalue weighted by molar-refractivity contribution is -0.119. The van der Waals surface area contributed by atoms with Gasteiger partial charge in [0, 0.05) is 82.6 Å². The number of hydrogen-bond acceptors (Lipinski definition) is 14. The predicted octanol–water partition coefficient (Wildman–Crippen LogP) is 3.55. The highest BCUT2D eigenvalue weighted by molar-refractivity contribution is 5.92. The zero-order valence-electron chi connectivity index (χ0n) is 45.7. The molecule has 0 spiro atoms. The Bertz CT molecular complexity index is 3640. The Hall–Kier alpha value is -9.48. The monoisotopic (exact) mass is 1070 g/mol. The number of fused-ring (bicyclic) bond motifs is 2. The van der Waals surface area contributed by atoms with E-state index in [4.69, 9.17) is 11.5 Å². The maximum Gasteiger partial charge on any atom is 0.349 e. The third-order valence-electron chi connectivity index (χ3n) is 10.4. The molecule has 23 heteroatoms. The van der Waals surface area contributed by atoms with Gasteiger partial charge in [-0.05, 0) is 69.2 Å². The number of nitrogens with one attached hydrogen (secondary N) is 5. The van der Waals surface area contributed by atoms with E-state index in [0.29, 0.717) is 53.2 Å². The lowest BCUT2D eigenvalue weighted by atomic mass is 10.2. The van der Waals surface area contributed by atoms with E-state index in [0.717, 1.165) is 16.6 Å². The molecule has 0 aliphatic heterocycles. The number of aromatic amines is 2. The number of hydrogen-bond donors (Lipinski definition) is 7. The summed E-state index contributed by atoms with van der Waals surface area (Å²) in [4.78, 5) is 111. The van der Waals surface area contributed by atoms with Crippen LogP contribution in [0.3, 0.4) is 0 Å². The third-order valence-corrected chi connectivity index (χ3v) is 10.4. The van der Waals surface area contributed by atoms with Crippen molar-refractivity contribution in [1.29, 1.82) is 0 Å². The molecule has 0 saturated heterocycles. The largest absolute Gasteiger partial charge is 0.383 e. The molecule has 0 unspecified atom stereocenters. The molecule has 78 heavy (non-hydrogen) atoms. The van der Waals surface area contributed by atoms with E-state index in [-0.39, 0.29) is 85.1 Å². The number of aryl methyl sites for hydroxylation is 1. The van der Waals surface area contributed by atoms with Crippen LogP contribution < -0.4 is 49.9 Å². The smallest absolute Gasteiger partial charge is 0.349 e. The van der Waals surface area contributed by atoms with Gasteiger partial charge >= 0.3 is 11.4 Å². The molecule has 6 aromatic rings. The summed E-state index contributed by atoms with van der Waals surface area (Å²) in [5.74, 6) is 23.4. The van der Waals surface area contributed by atoms with Gasteiger partial charge in [-0.1, -0.05) is 54.8 Å². The molecule has 0 bridgehead atoms. The highest BCUT2D eigenvalue weighted by Gasteiger charge is 2.16. The molecule has 0 fully saturated rings. The average Bonchev–Trinajstić information content (AvgIpc) is 3.91. The molecule has 6 rings (SSSR count). The van der Waals surface area contributed by atoms with E-state index >= 15 is 0 Å². The van der Waals surface area contributed by atoms with Crippen molar-refractivity contribution in [1.82, 2.24) is 64.1 Å². The van der Waals surface area contributed by atoms with Crippen LogP contribution in [0.2, 0.25) is 0 Å². The minimum Gasteiger partial charge on any atom is -0.383 e. The summed E-state index contributed by atoms with van der Waals surface area (Å²) in [6.07, 6.45) is 9.16. The molecule has 0 atom stereocenters. The second-order valence-corrected chi connectivity index (χ2v) is 18.2. The van der Waals surface area contributed by atoms with Crippen molar-refractivity contribution in [2.45, 2.75) is 134 Å². The third kappa shape index (κ3) is 19.7. The van der Waals surface area contributed by atoms with Gasteiger partial charge in [0.15, 0.2) is 0 Å². The van der Waals surface area contributed by atoms with Gasteiger partial charge in [-0.3, -0.25) is 42.9 Å². The SMILES string of the molecule is C.CC(=O)CCC#Cc1cn(C(C)C)c2nc(C)[nH]c(=O)c12.CC(=O)NCC#Cc1cn(C(C)C)c(=O)[nH]c1=O.CC(=O)NCC#Cc1cn(C(C)C)c(=O)nc1N.CC(=O)NCC#Cc1cn(C(C)C)c2ncnc(N)c12. The van der Waals surface area contributed by atoms with Crippen LogP contribution in [0.15, 0.2) is 50.3 Å². The number of nitrogens with two attached hydrogens (primary N) is 2. The number of carbonyl (C=O) groups excluding carboxylic acids is 4. The molecule has 414 valence electrons. The van der Waals surface area contributed by atoms with E-state index in [1.165, 1.54) is 42.4 Å². The number of Topliss-reactive ketones (excluding diaryl/α,β-unsaturated/α-hetero) is 1. The van der Waals surface area contributed by atoms with Crippen LogP contribution in [0.25, 0.3) is 22.1 Å². The zero-order valence-corrected chi connectivity index (χ0v) is 45.7. The van der Waals surface area contributed by atoms with Gasteiger partial charge in [-0.2, -0.15) is 4.98 Å². The molecule has 0 aliphatic rings. The Morgan fingerprint density at radius 1 is 0.551 bits per heavy atom. The first-order valence-electron chi connectivity index (χ1n) is 24.4. The first-order chi connectivity index (χ1) is 36.2. The summed E-state index contributed by atoms with van der Waals surface area (Å²) < 4.78 is 6.81. The Kier molecular flexibility index (Phi) is 25.5. The maximum atomic E-state index is 12.2. The van der Waals surface area contributed by atoms with E-state index in [2.05, 4.69) is 107 Å². The van der Waals surface area contributed by atoms with Crippen LogP contribution in [-0.4, -0.2) is 91.3 Å². The summed E-state index contributed by atoms with van der Waals surface area (Å²) in [5, 5.41) is 8.94. The minimum absolute atomic E-state index is 0. The molecular weight excluding hydrogens is 999 g/mol. The molecule has 0 aromatic carbocycles. The summed E-state index contributed by atoms with van der Waals surface area (Å²) in [7, 11) is 0. The van der Waals surface area contributed by atoms with Gasteiger partial charge in [0.25, 0.3) is 11.1 Å². The predicted molar refractivity (Wildman–Crippen MR) is 303 cm³/mol. The lowest BCUT2D eigenvalue weighted by Crippen LogP contribution is -2.32. The Labute approximate surface area is 452 Å². The van der Waals surface area contributed by atoms with Crippen LogP contribution in [0.5, 0.6) is 0 Å². The zero-order chi connectivity index (χ0) is 57.7. The van der Waals surface area contributed by atoms with Gasteiger partial charge in [-0.25, -0.2) is 24.5 Å². The Morgan fingerprint density at radius 2 is 1.00 bits per heavy atom. The summed E-state index contributed by atoms with van der Waals surface area (Å²) >= 11 is 0. The lowest BCUT2D eigenvalue weighted by Gasteiger charge is -2.09. The van der Waals surface area contributed by atoms with Gasteiger partial charge in [-0.15, -0.1) is 0 Å². The van der Waals surface area contributed by atoms with Crippen LogP contribution >= 0.6 is 0 Å². The first-order valence-corrected chi connectivity index (χ1v) is 24.4. The normalized spacial score (nSPS) is 10.1. The van der Waals surface area contributed by atoms with Crippen LogP contribution in [0.1, 0.15) is 156 Å². The van der Waals surface area contributed by atoms with Crippen LogP contribution in [0.4, 0.5) is 11.6 Å². The Morgan fingerprint density at radius 3 is 1.50 bits per heavy atom. The topological polar surface area (TPSA) is 328 Å². The fraction of sp³-hybridized carbons (Fsp3) is 0.418. The second-order valence-electron chi connectivity index (χ2n) is 18.2. The van der Waals surface area contributed by atoms with Crippen molar-refractivity contribution in [2.24, 2.45) is 0 Å². The number of aromatic nitrogens is 10. The standard InChI is InChI=1S/C16H19N3O2.C14H17N5O.C12H16N4O2.C12H15N3O3.CH4/c1-10(2)19-9-13(8-6-5-7-11(3)20)14-15(19)17-12(4)18-16(14)21;1-9(2)19-7-11(5-4-6-16-10(3)20)12-13(15)17-8-18-14(12)19;1-8(2)16-7-10(11(13)15-12(16)18)5-4-6-14-9(3)17;1-8(2)15-7-10(11(17)14-12(15)18)5-4-6-13-9(3)16;/h9-10H,5,7H2,1-4H3,(H,17,18,21);7-9H,6H2,1-3H3,(H,16,20)(H2,15,17,18);7-8H,6H2,1-3H3,(H,14,17)(H2,13,15,18);7-8H,6H2,1-3H3,(H,13,16)(H,14,17,18);1H4. The highest BCUT2D eigenvalue weighted by atomic mass is 16.2. The van der Waals surface area contributed by atoms with Gasteiger partial charge in [0.05, 0.1) is 47.1 Å². The Balaban J connectivity index is 0.000000355. The molecule has 0 radical (unpaired) electrons. The number of amides is 3. The number of nitrogen functional groups attached to an aromatic ring is 2. The van der Waals surface area contributed by atoms with E-state index in [1.54, 1.807) is 20.0 Å². The van der Waals surface area contributed by atoms with Crippen LogP contribution in [0, 0.1) is 54.3 Å². The molecular formula is C55H71N15O8. The molecule has 9 N–H and O–H groups in total. The van der Waals surface area contributed by atoms with Crippen molar-refractivity contribution in [2.75, 3.05) is 31.1 Å². The molecule has 6 aromatic heterocycles. The number of ketones is 1. The van der Waals surface area contributed by atoms with Gasteiger partial charge < -0.3 is 41.5 Å². The first kappa shape index (κ1) is 64.6. The molecule has 23 nitrogen and oxygen atoms in total. The minimum atomic E-state index is -0.521. The van der Waals surface area contributed by atoms with Crippen molar-refractivity contribution >= 4 is 57.2 Å². The number of anilines is 2. The summed E-state index contributed by atoms with van der Waals surface area (Å²) in [6, 6.07) is 0.360. The number of carbonyl (C=O) groups is 4. The molecule has 3 amide bonds. The van der Waals surface area contributed by atoms with Gasteiger partial charge in [0.1, 0.15) is 46.4 Å². The number of rotatable bonds is 9. The molecule has 0 saturated carbocycles. The fourth-order valence-corrected chi connectivity index (χ4v) is 6.58. The summed E-state index contributed by atoms with van der Waals surface area (Å²) in [6.45, 7) is 23.8. The molecule has 6 heterocycles. The number of nitrogens with zero attached hydrogens (tertiary/aromatic N) is 8. The van der Waals surface area contributed by atoms with Crippen molar-refractivity contribution in [3.05, 3.63) is 101 Å². The quantitative estimate of drug-likeness (QED) is 0.102.